The van der Waals surface area contributed by atoms with E-state index in [9.17, 15) is 9.90 Å². The fourth-order valence-electron chi connectivity index (χ4n) is 6.86. The lowest BCUT2D eigenvalue weighted by atomic mass is 9.71. The van der Waals surface area contributed by atoms with Crippen LogP contribution in [0.1, 0.15) is 60.8 Å². The summed E-state index contributed by atoms with van der Waals surface area (Å²) in [5.41, 5.74) is 10.6. The molecule has 6 rings (SSSR count). The van der Waals surface area contributed by atoms with E-state index in [2.05, 4.69) is 44.2 Å². The molecule has 39 heavy (non-hydrogen) atoms. The number of phenols is 1. The number of aryl methyl sites for hydroxylation is 1. The molecule has 2 saturated heterocycles. The maximum atomic E-state index is 15.9. The average Bonchev–Trinajstić information content (AvgIpc) is 3.69. The highest BCUT2D eigenvalue weighted by molar-refractivity contribution is 5.78. The van der Waals surface area contributed by atoms with Crippen molar-refractivity contribution in [3.05, 3.63) is 53.1 Å². The van der Waals surface area contributed by atoms with Gasteiger partial charge < -0.3 is 25.2 Å². The molecule has 1 saturated carbocycles. The molecule has 4 aliphatic rings. The summed E-state index contributed by atoms with van der Waals surface area (Å²) in [6, 6.07) is 4.93. The van der Waals surface area contributed by atoms with Crippen LogP contribution in [0.2, 0.25) is 0 Å². The zero-order valence-electron chi connectivity index (χ0n) is 22.8. The molecule has 3 fully saturated rings. The molecular weight excluding hydrogens is 497 g/mol. The monoisotopic (exact) mass is 537 g/mol. The lowest BCUT2D eigenvalue weighted by molar-refractivity contribution is -0.133. The molecule has 1 amide bonds. The molecule has 10 heteroatoms. The number of aromatic nitrogens is 2. The van der Waals surface area contributed by atoms with Gasteiger partial charge in [-0.15, -0.1) is 0 Å². The number of nitrogens with zero attached hydrogens (tertiary/aromatic N) is 3. The van der Waals surface area contributed by atoms with Crippen molar-refractivity contribution >= 4 is 11.5 Å². The van der Waals surface area contributed by atoms with Crippen LogP contribution < -0.4 is 16.2 Å². The number of halogens is 1. The Morgan fingerprint density at radius 3 is 2.79 bits per heavy atom. The van der Waals surface area contributed by atoms with Gasteiger partial charge in [0.05, 0.1) is 24.0 Å². The Labute approximate surface area is 229 Å². The standard InChI is InChI=1S/C29H40FN7O2/c1-3-17-13-20(38)4-5-21(17)22-6-7-23-27(26(22)30)34-35-28(23)29-32-16-24(33-29)18-12-19(31-15-18)14-25(39)37-10-8-36(2)9-11-37/h4-5,12-13,16,19,22-23,26-28,31,34-35,38H,3,6-11,14-15H2,1-2H3,(H,32,33)/t19-,22?,23?,26?,27?,28?/m1/s1. The predicted octanol–water partition coefficient (Wildman–Crippen LogP) is 2.25. The largest absolute Gasteiger partial charge is 0.508 e. The third kappa shape index (κ3) is 5.23. The lowest BCUT2D eigenvalue weighted by Crippen LogP contribution is -2.48. The van der Waals surface area contributed by atoms with Crippen molar-refractivity contribution in [2.24, 2.45) is 5.92 Å². The first-order valence-electron chi connectivity index (χ1n) is 14.3. The number of piperazine rings is 1. The Bertz CT molecular complexity index is 1220. The van der Waals surface area contributed by atoms with Crippen LogP contribution in [0.4, 0.5) is 4.39 Å². The topological polar surface area (TPSA) is 109 Å². The van der Waals surface area contributed by atoms with Crippen LogP contribution in [0.25, 0.3) is 5.57 Å². The number of likely N-dealkylation sites (N-methyl/N-ethyl adjacent to an activating group) is 1. The van der Waals surface area contributed by atoms with E-state index in [0.717, 1.165) is 73.7 Å². The zero-order chi connectivity index (χ0) is 27.1. The number of alkyl halides is 1. The van der Waals surface area contributed by atoms with Gasteiger partial charge in [0.15, 0.2) is 0 Å². The normalized spacial score (nSPS) is 31.4. The number of H-pyrrole nitrogens is 1. The molecule has 5 unspecified atom stereocenters. The summed E-state index contributed by atoms with van der Waals surface area (Å²) < 4.78 is 15.9. The molecule has 3 aliphatic heterocycles. The van der Waals surface area contributed by atoms with Crippen LogP contribution in [0, 0.1) is 5.92 Å². The summed E-state index contributed by atoms with van der Waals surface area (Å²) in [6.45, 7) is 6.16. The zero-order valence-corrected chi connectivity index (χ0v) is 22.8. The van der Waals surface area contributed by atoms with Crippen LogP contribution in [-0.2, 0) is 11.2 Å². The molecule has 0 radical (unpaired) electrons. The van der Waals surface area contributed by atoms with Gasteiger partial charge in [-0.3, -0.25) is 10.2 Å². The third-order valence-electron chi connectivity index (χ3n) is 9.18. The van der Waals surface area contributed by atoms with E-state index in [0.29, 0.717) is 13.0 Å². The fourth-order valence-corrected chi connectivity index (χ4v) is 6.86. The molecule has 210 valence electrons. The first-order chi connectivity index (χ1) is 18.9. The summed E-state index contributed by atoms with van der Waals surface area (Å²) in [4.78, 5) is 25.1. The number of phenolic OH excluding ortho intramolecular Hbond substituents is 1. The van der Waals surface area contributed by atoms with Crippen molar-refractivity contribution in [1.29, 1.82) is 0 Å². The van der Waals surface area contributed by atoms with Crippen LogP contribution in [0.5, 0.6) is 5.75 Å². The Morgan fingerprint density at radius 1 is 1.18 bits per heavy atom. The summed E-state index contributed by atoms with van der Waals surface area (Å²) in [5, 5.41) is 13.3. The number of aromatic amines is 1. The van der Waals surface area contributed by atoms with Gasteiger partial charge in [-0.1, -0.05) is 19.1 Å². The third-order valence-corrected chi connectivity index (χ3v) is 9.18. The second-order valence-corrected chi connectivity index (χ2v) is 11.6. The van der Waals surface area contributed by atoms with Crippen molar-refractivity contribution < 1.29 is 14.3 Å². The minimum atomic E-state index is -1.04. The predicted molar refractivity (Wildman–Crippen MR) is 148 cm³/mol. The van der Waals surface area contributed by atoms with Gasteiger partial charge >= 0.3 is 0 Å². The van der Waals surface area contributed by atoms with E-state index < -0.39 is 6.17 Å². The second kappa shape index (κ2) is 11.0. The molecule has 4 heterocycles. The van der Waals surface area contributed by atoms with Crippen molar-refractivity contribution in [3.8, 4) is 5.75 Å². The first-order valence-corrected chi connectivity index (χ1v) is 14.3. The number of nitrogens with one attached hydrogen (secondary N) is 4. The number of fused-ring (bicyclic) bond motifs is 1. The van der Waals surface area contributed by atoms with Gasteiger partial charge in [0.1, 0.15) is 17.7 Å². The number of hydrogen-bond donors (Lipinski definition) is 5. The average molecular weight is 538 g/mol. The summed E-state index contributed by atoms with van der Waals surface area (Å²) in [7, 11) is 2.09. The molecule has 1 aliphatic carbocycles. The number of imidazole rings is 1. The molecule has 0 bridgehead atoms. The Morgan fingerprint density at radius 2 is 2.00 bits per heavy atom. The Hall–Kier alpha value is -2.79. The van der Waals surface area contributed by atoms with Gasteiger partial charge in [0.25, 0.3) is 0 Å². The van der Waals surface area contributed by atoms with E-state index >= 15 is 4.39 Å². The van der Waals surface area contributed by atoms with Crippen LogP contribution in [0.15, 0.2) is 30.5 Å². The first kappa shape index (κ1) is 26.4. The van der Waals surface area contributed by atoms with Gasteiger partial charge in [0, 0.05) is 57.0 Å². The summed E-state index contributed by atoms with van der Waals surface area (Å²) in [6.07, 6.45) is 5.82. The van der Waals surface area contributed by atoms with Crippen molar-refractivity contribution in [2.75, 3.05) is 39.8 Å². The Balaban J connectivity index is 1.09. The molecular formula is C29H40FN7O2. The smallest absolute Gasteiger partial charge is 0.224 e. The molecule has 1 aromatic carbocycles. The van der Waals surface area contributed by atoms with E-state index in [-0.39, 0.29) is 41.6 Å². The quantitative estimate of drug-likeness (QED) is 0.385. The molecule has 6 atom stereocenters. The molecule has 0 spiro atoms. The minimum absolute atomic E-state index is 0.0186. The van der Waals surface area contributed by atoms with Gasteiger partial charge in [-0.2, -0.15) is 0 Å². The maximum absolute atomic E-state index is 15.9. The van der Waals surface area contributed by atoms with Crippen molar-refractivity contribution in [2.45, 2.75) is 62.8 Å². The van der Waals surface area contributed by atoms with Crippen molar-refractivity contribution in [1.82, 2.24) is 35.9 Å². The highest BCUT2D eigenvalue weighted by Crippen LogP contribution is 2.45. The number of carbonyl (C=O) groups excluding carboxylic acids is 1. The number of benzene rings is 1. The number of aromatic hydroxyl groups is 1. The molecule has 2 aromatic rings. The highest BCUT2D eigenvalue weighted by atomic mass is 19.1. The van der Waals surface area contributed by atoms with E-state index in [1.165, 1.54) is 0 Å². The SMILES string of the molecule is CCc1cc(O)ccc1C1CCC2C(c3ncc(C4=C[C@H](CC(=O)N5CCN(C)CC5)NC4)[nH]3)NNC2C1F. The van der Waals surface area contributed by atoms with Gasteiger partial charge in [0.2, 0.25) is 5.91 Å². The maximum Gasteiger partial charge on any atom is 0.224 e. The summed E-state index contributed by atoms with van der Waals surface area (Å²) in [5.74, 6) is 1.14. The van der Waals surface area contributed by atoms with Gasteiger partial charge in [-0.25, -0.2) is 14.8 Å². The van der Waals surface area contributed by atoms with Crippen LogP contribution in [-0.4, -0.2) is 88.8 Å². The lowest BCUT2D eigenvalue weighted by Gasteiger charge is -2.36. The van der Waals surface area contributed by atoms with Crippen molar-refractivity contribution in [3.63, 3.8) is 0 Å². The number of rotatable bonds is 6. The highest BCUT2D eigenvalue weighted by Gasteiger charge is 2.48. The molecule has 5 N–H and O–H groups in total. The number of hydrazine groups is 1. The van der Waals surface area contributed by atoms with E-state index in [1.54, 1.807) is 12.1 Å². The second-order valence-electron chi connectivity index (χ2n) is 11.6. The van der Waals surface area contributed by atoms with Crippen LogP contribution in [0.3, 0.4) is 0 Å². The van der Waals surface area contributed by atoms with Gasteiger partial charge in [-0.05, 0) is 55.1 Å². The van der Waals surface area contributed by atoms with E-state index in [4.69, 9.17) is 0 Å². The minimum Gasteiger partial charge on any atom is -0.508 e. The number of hydrogen-bond acceptors (Lipinski definition) is 7. The molecule has 9 nitrogen and oxygen atoms in total. The van der Waals surface area contributed by atoms with Crippen LogP contribution >= 0.6 is 0 Å². The summed E-state index contributed by atoms with van der Waals surface area (Å²) >= 11 is 0. The Kier molecular flexibility index (Phi) is 7.45. The number of carbonyl (C=O) groups is 1. The number of amides is 1. The fraction of sp³-hybridized carbons (Fsp3) is 0.586. The molecule has 1 aromatic heterocycles. The van der Waals surface area contributed by atoms with E-state index in [1.807, 2.05) is 24.1 Å².